The van der Waals surface area contributed by atoms with Gasteiger partial charge in [-0.2, -0.15) is 5.10 Å². The average Bonchev–Trinajstić information content (AvgIpc) is 2.96. The van der Waals surface area contributed by atoms with Gasteiger partial charge in [0.2, 0.25) is 0 Å². The number of fused-ring (bicyclic) bond motifs is 1. The molecule has 3 rings (SSSR count). The molecule has 0 saturated carbocycles. The molecule has 1 atom stereocenters. The van der Waals surface area contributed by atoms with Gasteiger partial charge in [-0.1, -0.05) is 29.8 Å². The Kier molecular flexibility index (Phi) is 3.31. The van der Waals surface area contributed by atoms with Crippen LogP contribution < -0.4 is 0 Å². The number of aryl methyl sites for hydroxylation is 1. The van der Waals surface area contributed by atoms with Gasteiger partial charge >= 0.3 is 0 Å². The summed E-state index contributed by atoms with van der Waals surface area (Å²) in [5.74, 6) is 0. The lowest BCUT2D eigenvalue weighted by atomic mass is 10.1. The summed E-state index contributed by atoms with van der Waals surface area (Å²) in [6.07, 6.45) is -0.0612. The van der Waals surface area contributed by atoms with Gasteiger partial charge in [0, 0.05) is 29.1 Å². The van der Waals surface area contributed by atoms with Gasteiger partial charge in [-0.05, 0) is 12.1 Å². The Morgan fingerprint density at radius 2 is 2.21 bits per heavy atom. The summed E-state index contributed by atoms with van der Waals surface area (Å²) >= 11 is 7.36. The minimum Gasteiger partial charge on any atom is -0.387 e. The molecule has 0 fully saturated rings. The molecule has 3 aromatic rings. The van der Waals surface area contributed by atoms with Crippen molar-refractivity contribution < 1.29 is 5.11 Å². The van der Waals surface area contributed by atoms with E-state index in [0.717, 1.165) is 21.5 Å². The van der Waals surface area contributed by atoms with E-state index in [1.165, 1.54) is 11.3 Å². The lowest BCUT2D eigenvalue weighted by Gasteiger charge is -2.06. The summed E-state index contributed by atoms with van der Waals surface area (Å²) in [5, 5.41) is 18.3. The summed E-state index contributed by atoms with van der Waals surface area (Å²) in [6, 6.07) is 9.85. The second-order valence-electron chi connectivity index (χ2n) is 4.47. The molecule has 1 unspecified atom stereocenters. The van der Waals surface area contributed by atoms with Gasteiger partial charge in [0.1, 0.15) is 0 Å². The minimum atomic E-state index is -0.559. The van der Waals surface area contributed by atoms with E-state index in [0.29, 0.717) is 11.4 Å². The van der Waals surface area contributed by atoms with Crippen molar-refractivity contribution in [3.8, 4) is 0 Å². The van der Waals surface area contributed by atoms with Crippen LogP contribution in [0.5, 0.6) is 0 Å². The van der Waals surface area contributed by atoms with Crippen LogP contribution in [0.15, 0.2) is 35.7 Å². The number of nitrogens with zero attached hydrogens (tertiary/aromatic N) is 2. The lowest BCUT2D eigenvalue weighted by molar-refractivity contribution is 0.181. The third kappa shape index (κ3) is 2.39. The highest BCUT2D eigenvalue weighted by molar-refractivity contribution is 7.10. The van der Waals surface area contributed by atoms with E-state index in [-0.39, 0.29) is 0 Å². The average molecular weight is 293 g/mol. The second-order valence-corrected chi connectivity index (χ2v) is 5.85. The summed E-state index contributed by atoms with van der Waals surface area (Å²) < 4.78 is 1.85. The Balaban J connectivity index is 1.93. The minimum absolute atomic E-state index is 0.498. The highest BCUT2D eigenvalue weighted by Gasteiger charge is 2.15. The fourth-order valence-corrected chi connectivity index (χ4v) is 3.29. The first-order valence-corrected chi connectivity index (χ1v) is 7.23. The number of thiophene rings is 1. The Hall–Kier alpha value is -1.36. The smallest absolute Gasteiger partial charge is 0.0938 e. The number of halogens is 1. The molecule has 1 N–H and O–H groups in total. The van der Waals surface area contributed by atoms with Gasteiger partial charge < -0.3 is 5.11 Å². The first-order valence-electron chi connectivity index (χ1n) is 5.98. The van der Waals surface area contributed by atoms with Crippen molar-refractivity contribution in [1.82, 2.24) is 9.78 Å². The van der Waals surface area contributed by atoms with E-state index >= 15 is 0 Å². The van der Waals surface area contributed by atoms with Crippen molar-refractivity contribution in [3.63, 3.8) is 0 Å². The molecular weight excluding hydrogens is 280 g/mol. The zero-order valence-electron chi connectivity index (χ0n) is 10.4. The van der Waals surface area contributed by atoms with E-state index in [4.69, 9.17) is 11.6 Å². The van der Waals surface area contributed by atoms with Crippen LogP contribution >= 0.6 is 22.9 Å². The number of aromatic nitrogens is 2. The lowest BCUT2D eigenvalue weighted by Crippen LogP contribution is -2.01. The first kappa shape index (κ1) is 12.7. The van der Waals surface area contributed by atoms with E-state index in [1.807, 2.05) is 47.4 Å². The van der Waals surface area contributed by atoms with Crippen LogP contribution in [0.25, 0.3) is 10.9 Å². The Labute approximate surface area is 120 Å². The zero-order chi connectivity index (χ0) is 13.4. The molecule has 19 heavy (non-hydrogen) atoms. The molecular formula is C14H13ClN2OS. The highest BCUT2D eigenvalue weighted by atomic mass is 35.5. The summed E-state index contributed by atoms with van der Waals surface area (Å²) in [4.78, 5) is 0.875. The summed E-state index contributed by atoms with van der Waals surface area (Å²) in [6.45, 7) is 0. The fourth-order valence-electron chi connectivity index (χ4n) is 2.23. The first-order chi connectivity index (χ1) is 9.15. The van der Waals surface area contributed by atoms with Crippen LogP contribution in [-0.2, 0) is 13.5 Å². The number of hydrogen-bond donors (Lipinski definition) is 1. The third-order valence-electron chi connectivity index (χ3n) is 3.14. The molecule has 0 aliphatic heterocycles. The van der Waals surface area contributed by atoms with Gasteiger partial charge in [-0.15, -0.1) is 11.3 Å². The normalized spacial score (nSPS) is 13.0. The predicted octanol–water partition coefficient (Wildman–Crippen LogP) is 3.56. The van der Waals surface area contributed by atoms with Gasteiger partial charge in [-0.25, -0.2) is 0 Å². The van der Waals surface area contributed by atoms with E-state index < -0.39 is 6.10 Å². The molecule has 3 nitrogen and oxygen atoms in total. The molecule has 98 valence electrons. The number of para-hydroxylation sites is 1. The van der Waals surface area contributed by atoms with Crippen LogP contribution in [0.1, 0.15) is 16.7 Å². The Morgan fingerprint density at radius 3 is 2.95 bits per heavy atom. The van der Waals surface area contributed by atoms with Crippen LogP contribution in [0.3, 0.4) is 0 Å². The maximum atomic E-state index is 10.3. The standard InChI is InChI=1S/C14H13ClN2OS/c1-17-12-5-3-2-4-10(12)11(16-17)7-13(18)14-6-9(15)8-19-14/h2-6,8,13,18H,7H2,1H3. The molecule has 0 aliphatic carbocycles. The molecule has 0 aliphatic rings. The molecule has 1 aromatic carbocycles. The number of aliphatic hydroxyl groups is 1. The molecule has 2 heterocycles. The number of benzene rings is 1. The van der Waals surface area contributed by atoms with Crippen LogP contribution in [0.2, 0.25) is 5.02 Å². The predicted molar refractivity (Wildman–Crippen MR) is 78.7 cm³/mol. The van der Waals surface area contributed by atoms with E-state index in [9.17, 15) is 5.11 Å². The van der Waals surface area contributed by atoms with E-state index in [2.05, 4.69) is 5.10 Å². The monoisotopic (exact) mass is 292 g/mol. The number of aliphatic hydroxyl groups excluding tert-OH is 1. The van der Waals surface area contributed by atoms with Gasteiger partial charge in [0.25, 0.3) is 0 Å². The van der Waals surface area contributed by atoms with Crippen molar-refractivity contribution in [2.24, 2.45) is 7.05 Å². The van der Waals surface area contributed by atoms with Crippen LogP contribution in [0.4, 0.5) is 0 Å². The molecule has 0 saturated heterocycles. The highest BCUT2D eigenvalue weighted by Crippen LogP contribution is 2.29. The van der Waals surface area contributed by atoms with Crippen molar-refractivity contribution in [3.05, 3.63) is 51.3 Å². The Morgan fingerprint density at radius 1 is 1.42 bits per heavy atom. The molecule has 5 heteroatoms. The van der Waals surface area contributed by atoms with Crippen LogP contribution in [0, 0.1) is 0 Å². The maximum Gasteiger partial charge on any atom is 0.0938 e. The third-order valence-corrected chi connectivity index (χ3v) is 4.52. The van der Waals surface area contributed by atoms with Crippen molar-refractivity contribution in [2.75, 3.05) is 0 Å². The van der Waals surface area contributed by atoms with E-state index in [1.54, 1.807) is 0 Å². The topological polar surface area (TPSA) is 38.0 Å². The quantitative estimate of drug-likeness (QED) is 0.801. The van der Waals surface area contributed by atoms with Crippen molar-refractivity contribution >= 4 is 33.8 Å². The van der Waals surface area contributed by atoms with Crippen LogP contribution in [-0.4, -0.2) is 14.9 Å². The van der Waals surface area contributed by atoms with Crippen molar-refractivity contribution in [2.45, 2.75) is 12.5 Å². The fraction of sp³-hybridized carbons (Fsp3) is 0.214. The summed E-state index contributed by atoms with van der Waals surface area (Å²) in [7, 11) is 1.92. The molecule has 0 spiro atoms. The van der Waals surface area contributed by atoms with Gasteiger partial charge in [-0.3, -0.25) is 4.68 Å². The molecule has 0 amide bonds. The largest absolute Gasteiger partial charge is 0.387 e. The second kappa shape index (κ2) is 4.96. The molecule has 0 radical (unpaired) electrons. The number of rotatable bonds is 3. The van der Waals surface area contributed by atoms with Gasteiger partial charge in [0.05, 0.1) is 22.3 Å². The SMILES string of the molecule is Cn1nc(CC(O)c2cc(Cl)cs2)c2ccccc21. The molecule has 2 aromatic heterocycles. The number of hydrogen-bond acceptors (Lipinski definition) is 3. The van der Waals surface area contributed by atoms with Gasteiger partial charge in [0.15, 0.2) is 0 Å². The van der Waals surface area contributed by atoms with Crippen molar-refractivity contribution in [1.29, 1.82) is 0 Å². The Bertz CT molecular complexity index is 719. The summed E-state index contributed by atoms with van der Waals surface area (Å²) in [5.41, 5.74) is 1.99. The zero-order valence-corrected chi connectivity index (χ0v) is 11.9. The maximum absolute atomic E-state index is 10.3. The molecule has 0 bridgehead atoms.